The van der Waals surface area contributed by atoms with Crippen LogP contribution in [0.3, 0.4) is 0 Å². The van der Waals surface area contributed by atoms with Gasteiger partial charge >= 0.3 is 5.97 Å². The second-order valence-corrected chi connectivity index (χ2v) is 9.73. The Morgan fingerprint density at radius 3 is 1.56 bits per heavy atom. The van der Waals surface area contributed by atoms with Crippen LogP contribution in [0, 0.1) is 11.8 Å². The van der Waals surface area contributed by atoms with E-state index in [-0.39, 0.29) is 18.4 Å². The van der Waals surface area contributed by atoms with Crippen LogP contribution in [0.4, 0.5) is 5.69 Å². The van der Waals surface area contributed by atoms with Gasteiger partial charge in [-0.2, -0.15) is 0 Å². The van der Waals surface area contributed by atoms with Crippen LogP contribution >= 0.6 is 0 Å². The summed E-state index contributed by atoms with van der Waals surface area (Å²) in [5.74, 6) is -1.79. The summed E-state index contributed by atoms with van der Waals surface area (Å²) in [6, 6.07) is 23.0. The molecule has 1 aliphatic heterocycles. The predicted octanol–water partition coefficient (Wildman–Crippen LogP) is 4.61. The fraction of sp³-hybridized carbons (Fsp3) is 0.276. The van der Waals surface area contributed by atoms with Crippen molar-refractivity contribution in [1.29, 1.82) is 0 Å². The molecule has 5 nitrogen and oxygen atoms in total. The summed E-state index contributed by atoms with van der Waals surface area (Å²) >= 11 is 0. The number of hydrogen-bond acceptors (Lipinski definition) is 4. The minimum Gasteiger partial charge on any atom is -0.462 e. The van der Waals surface area contributed by atoms with Crippen LogP contribution in [0.15, 0.2) is 72.8 Å². The number of nitrogens with zero attached hydrogens (tertiary/aromatic N) is 1. The Kier molecular flexibility index (Phi) is 4.22. The average molecular weight is 452 g/mol. The van der Waals surface area contributed by atoms with Crippen molar-refractivity contribution in [2.24, 2.45) is 11.8 Å². The van der Waals surface area contributed by atoms with Gasteiger partial charge in [0.25, 0.3) is 0 Å². The maximum atomic E-state index is 14.0. The van der Waals surface area contributed by atoms with Crippen LogP contribution in [-0.2, 0) is 25.2 Å². The lowest BCUT2D eigenvalue weighted by Crippen LogP contribution is -2.59. The molecule has 34 heavy (non-hydrogen) atoms. The minimum absolute atomic E-state index is 0.184. The molecule has 170 valence electrons. The highest BCUT2D eigenvalue weighted by molar-refractivity contribution is 6.24. The van der Waals surface area contributed by atoms with Crippen LogP contribution < -0.4 is 4.90 Å². The molecule has 2 bridgehead atoms. The van der Waals surface area contributed by atoms with Crippen molar-refractivity contribution in [3.8, 4) is 0 Å². The molecule has 0 N–H and O–H groups in total. The van der Waals surface area contributed by atoms with E-state index in [1.54, 1.807) is 31.2 Å². The molecule has 1 heterocycles. The smallest absolute Gasteiger partial charge is 0.338 e. The SMILES string of the molecule is CCOC(=O)c1ccc(N2C(=O)[C@H]3[C@H](C2=O)C2(C)c4ccccc4C3(C)c3ccccc32)cc1. The zero-order chi connectivity index (χ0) is 23.8. The van der Waals surface area contributed by atoms with E-state index in [1.165, 1.54) is 4.90 Å². The molecule has 3 aliphatic carbocycles. The Hall–Kier alpha value is -3.73. The molecule has 7 rings (SSSR count). The minimum atomic E-state index is -0.609. The molecular weight excluding hydrogens is 426 g/mol. The Labute approximate surface area is 198 Å². The highest BCUT2D eigenvalue weighted by atomic mass is 16.5. The standard InChI is InChI=1S/C29H25NO4/c1-4-34-27(33)17-13-15-18(16-14-17)30-25(31)23-24(26(30)32)29(3)21-11-7-5-9-19(21)28(23,2)20-10-6-8-12-22(20)29/h5-16,23-24H,4H2,1-3H3/t23-,24-,28?,29?/m1/s1. The van der Waals surface area contributed by atoms with Crippen molar-refractivity contribution in [3.05, 3.63) is 101 Å². The highest BCUT2D eigenvalue weighted by Gasteiger charge is 2.70. The van der Waals surface area contributed by atoms with E-state index < -0.39 is 28.6 Å². The third-order valence-electron chi connectivity index (χ3n) is 8.28. The Balaban J connectivity index is 1.52. The topological polar surface area (TPSA) is 63.7 Å². The van der Waals surface area contributed by atoms with Gasteiger partial charge in [-0.25, -0.2) is 9.69 Å². The van der Waals surface area contributed by atoms with E-state index in [1.807, 2.05) is 24.3 Å². The van der Waals surface area contributed by atoms with Gasteiger partial charge in [-0.3, -0.25) is 9.59 Å². The van der Waals surface area contributed by atoms with Crippen LogP contribution in [0.1, 0.15) is 53.4 Å². The third kappa shape index (κ3) is 2.32. The van der Waals surface area contributed by atoms with Crippen LogP contribution in [0.5, 0.6) is 0 Å². The lowest BCUT2D eigenvalue weighted by atomic mass is 9.42. The number of benzene rings is 3. The summed E-state index contributed by atoms with van der Waals surface area (Å²) in [5.41, 5.74) is 4.15. The summed E-state index contributed by atoms with van der Waals surface area (Å²) in [4.78, 5) is 41.5. The molecule has 1 saturated heterocycles. The number of rotatable bonds is 3. The van der Waals surface area contributed by atoms with Crippen molar-refractivity contribution in [2.45, 2.75) is 31.6 Å². The van der Waals surface area contributed by atoms with Crippen molar-refractivity contribution in [1.82, 2.24) is 0 Å². The molecule has 5 heteroatoms. The summed E-state index contributed by atoms with van der Waals surface area (Å²) in [6.45, 7) is 6.26. The van der Waals surface area contributed by atoms with Crippen molar-refractivity contribution in [2.75, 3.05) is 11.5 Å². The van der Waals surface area contributed by atoms with Crippen LogP contribution in [0.2, 0.25) is 0 Å². The molecule has 0 radical (unpaired) electrons. The lowest BCUT2D eigenvalue weighted by molar-refractivity contribution is -0.124. The summed E-state index contributed by atoms with van der Waals surface area (Å²) in [7, 11) is 0. The number of amides is 2. The number of imide groups is 1. The number of esters is 1. The largest absolute Gasteiger partial charge is 0.462 e. The second kappa shape index (κ2) is 6.89. The number of anilines is 1. The highest BCUT2D eigenvalue weighted by Crippen LogP contribution is 2.66. The van der Waals surface area contributed by atoms with E-state index in [0.29, 0.717) is 11.3 Å². The lowest BCUT2D eigenvalue weighted by Gasteiger charge is -2.57. The molecule has 3 aromatic carbocycles. The van der Waals surface area contributed by atoms with Crippen molar-refractivity contribution < 1.29 is 19.1 Å². The number of carbonyl (C=O) groups is 3. The van der Waals surface area contributed by atoms with E-state index in [0.717, 1.165) is 22.3 Å². The molecule has 0 saturated carbocycles. The summed E-state index contributed by atoms with van der Waals surface area (Å²) < 4.78 is 5.06. The maximum absolute atomic E-state index is 14.0. The molecule has 1 fully saturated rings. The normalized spacial score (nSPS) is 28.4. The van der Waals surface area contributed by atoms with E-state index in [9.17, 15) is 14.4 Å². The predicted molar refractivity (Wildman–Crippen MR) is 128 cm³/mol. The first kappa shape index (κ1) is 20.8. The summed E-state index contributed by atoms with van der Waals surface area (Å²) in [6.07, 6.45) is 0. The first-order valence-electron chi connectivity index (χ1n) is 11.7. The molecular formula is C29H25NO4. The molecule has 3 aromatic rings. The summed E-state index contributed by atoms with van der Waals surface area (Å²) in [5, 5.41) is 0. The Morgan fingerprint density at radius 1 is 0.765 bits per heavy atom. The molecule has 4 aliphatic rings. The third-order valence-corrected chi connectivity index (χ3v) is 8.28. The zero-order valence-corrected chi connectivity index (χ0v) is 19.4. The molecule has 0 aromatic heterocycles. The first-order chi connectivity index (χ1) is 16.3. The fourth-order valence-corrected chi connectivity index (χ4v) is 6.79. The maximum Gasteiger partial charge on any atom is 0.338 e. The first-order valence-corrected chi connectivity index (χ1v) is 11.7. The zero-order valence-electron chi connectivity index (χ0n) is 19.4. The molecule has 0 spiro atoms. The number of carbonyl (C=O) groups excluding carboxylic acids is 3. The van der Waals surface area contributed by atoms with Gasteiger partial charge in [-0.1, -0.05) is 62.4 Å². The van der Waals surface area contributed by atoms with Gasteiger partial charge in [0, 0.05) is 10.8 Å². The van der Waals surface area contributed by atoms with Gasteiger partial charge in [0.15, 0.2) is 0 Å². The quantitative estimate of drug-likeness (QED) is 0.431. The molecule has 0 unspecified atom stereocenters. The van der Waals surface area contributed by atoms with Gasteiger partial charge in [0.2, 0.25) is 11.8 Å². The number of ether oxygens (including phenoxy) is 1. The fourth-order valence-electron chi connectivity index (χ4n) is 6.79. The van der Waals surface area contributed by atoms with Gasteiger partial charge in [0.05, 0.1) is 29.7 Å². The van der Waals surface area contributed by atoms with Gasteiger partial charge in [-0.05, 0) is 53.4 Å². The molecule has 2 amide bonds. The van der Waals surface area contributed by atoms with Gasteiger partial charge < -0.3 is 4.74 Å². The van der Waals surface area contributed by atoms with Crippen molar-refractivity contribution in [3.63, 3.8) is 0 Å². The van der Waals surface area contributed by atoms with Gasteiger partial charge in [0.1, 0.15) is 0 Å². The van der Waals surface area contributed by atoms with Crippen LogP contribution in [0.25, 0.3) is 0 Å². The van der Waals surface area contributed by atoms with E-state index in [4.69, 9.17) is 4.74 Å². The van der Waals surface area contributed by atoms with Crippen molar-refractivity contribution >= 4 is 23.5 Å². The average Bonchev–Trinajstić information content (AvgIpc) is 3.14. The molecule has 2 atom stereocenters. The Bertz CT molecular complexity index is 1250. The second-order valence-electron chi connectivity index (χ2n) is 9.73. The van der Waals surface area contributed by atoms with Gasteiger partial charge in [-0.15, -0.1) is 0 Å². The van der Waals surface area contributed by atoms with Crippen LogP contribution in [-0.4, -0.2) is 24.4 Å². The van der Waals surface area contributed by atoms with E-state index >= 15 is 0 Å². The number of hydrogen-bond donors (Lipinski definition) is 0. The van der Waals surface area contributed by atoms with E-state index in [2.05, 4.69) is 38.1 Å². The monoisotopic (exact) mass is 451 g/mol. The Morgan fingerprint density at radius 2 is 1.18 bits per heavy atom.